The van der Waals surface area contributed by atoms with Crippen LogP contribution in [-0.4, -0.2) is 69.2 Å². The van der Waals surface area contributed by atoms with Gasteiger partial charge in [-0.1, -0.05) is 48.5 Å². The molecule has 2 aliphatic heterocycles. The summed E-state index contributed by atoms with van der Waals surface area (Å²) in [4.78, 5) is 29.7. The quantitative estimate of drug-likeness (QED) is 0.0475. The largest absolute Gasteiger partial charge is 0.493 e. The highest BCUT2D eigenvalue weighted by Crippen LogP contribution is 2.36. The SMILES string of the molecule is COCOc1cc(OCCCCN=[N+]=[N-])cc2c1C(=O)O[C@@H](C)[C@H](C)/C=C\C(OC(=O)c1ccccc1)C1OC(C)(C)O[C@H]1CC=C2. The van der Waals surface area contributed by atoms with Gasteiger partial charge in [-0.05, 0) is 75.4 Å². The lowest BCUT2D eigenvalue weighted by atomic mass is 9.98. The zero-order valence-corrected chi connectivity index (χ0v) is 27.5. The molecule has 2 aromatic rings. The summed E-state index contributed by atoms with van der Waals surface area (Å²) in [6, 6.07) is 12.1. The number of hydrogen-bond acceptors (Lipinski definition) is 10. The lowest BCUT2D eigenvalue weighted by Crippen LogP contribution is -2.37. The Morgan fingerprint density at radius 3 is 2.62 bits per heavy atom. The Bertz CT molecular complexity index is 1470. The highest BCUT2D eigenvalue weighted by atomic mass is 16.8. The van der Waals surface area contributed by atoms with Crippen molar-refractivity contribution in [2.75, 3.05) is 27.1 Å². The van der Waals surface area contributed by atoms with Gasteiger partial charge in [0.1, 0.15) is 35.4 Å². The number of azide groups is 1. The Morgan fingerprint density at radius 2 is 1.87 bits per heavy atom. The minimum Gasteiger partial charge on any atom is -0.493 e. The fraction of sp³-hybridized carbons (Fsp3) is 0.486. The highest BCUT2D eigenvalue weighted by Gasteiger charge is 2.45. The maximum atomic E-state index is 13.7. The molecule has 2 heterocycles. The zero-order valence-electron chi connectivity index (χ0n) is 27.5. The molecule has 4 rings (SSSR count). The molecule has 0 aromatic heterocycles. The number of carbonyl (C=O) groups excluding carboxylic acids is 2. The average molecular weight is 650 g/mol. The van der Waals surface area contributed by atoms with Crippen molar-refractivity contribution >= 4 is 18.0 Å². The van der Waals surface area contributed by atoms with Crippen LogP contribution in [0.1, 0.15) is 73.2 Å². The fourth-order valence-corrected chi connectivity index (χ4v) is 5.21. The van der Waals surface area contributed by atoms with Crippen LogP contribution in [0.3, 0.4) is 0 Å². The van der Waals surface area contributed by atoms with Crippen molar-refractivity contribution in [3.8, 4) is 11.5 Å². The molecule has 0 saturated carbocycles. The van der Waals surface area contributed by atoms with E-state index in [1.807, 2.05) is 39.0 Å². The van der Waals surface area contributed by atoms with Gasteiger partial charge in [-0.3, -0.25) is 0 Å². The van der Waals surface area contributed by atoms with Gasteiger partial charge in [-0.15, -0.1) is 0 Å². The second-order valence-corrected chi connectivity index (χ2v) is 11.8. The number of fused-ring (bicyclic) bond motifs is 2. The monoisotopic (exact) mass is 649 g/mol. The number of methoxy groups -OCH3 is 1. The van der Waals surface area contributed by atoms with E-state index in [9.17, 15) is 9.59 Å². The summed E-state index contributed by atoms with van der Waals surface area (Å²) in [5.41, 5.74) is 9.66. The number of carbonyl (C=O) groups is 2. The molecular weight excluding hydrogens is 606 g/mol. The number of hydrogen-bond donors (Lipinski definition) is 0. The van der Waals surface area contributed by atoms with E-state index in [0.29, 0.717) is 49.3 Å². The van der Waals surface area contributed by atoms with E-state index in [0.717, 1.165) is 0 Å². The Balaban J connectivity index is 1.69. The van der Waals surface area contributed by atoms with Gasteiger partial charge >= 0.3 is 11.9 Å². The van der Waals surface area contributed by atoms with Gasteiger partial charge in [0.15, 0.2) is 12.6 Å². The molecule has 2 aliphatic rings. The van der Waals surface area contributed by atoms with Crippen LogP contribution in [0.5, 0.6) is 11.5 Å². The van der Waals surface area contributed by atoms with Crippen LogP contribution in [0.25, 0.3) is 16.5 Å². The number of unbranched alkanes of at least 4 members (excludes halogenated alkanes) is 1. The van der Waals surface area contributed by atoms with Crippen LogP contribution >= 0.6 is 0 Å². The second kappa shape index (κ2) is 17.0. The van der Waals surface area contributed by atoms with E-state index in [1.54, 1.807) is 55.5 Å². The lowest BCUT2D eigenvalue weighted by molar-refractivity contribution is -0.152. The third-order valence-corrected chi connectivity index (χ3v) is 7.73. The summed E-state index contributed by atoms with van der Waals surface area (Å²) in [7, 11) is 1.49. The first-order valence-corrected chi connectivity index (χ1v) is 15.7. The molecule has 0 spiro atoms. The number of ether oxygens (including phenoxy) is 7. The molecular formula is C35H43N3O9. The van der Waals surface area contributed by atoms with Crippen LogP contribution in [0.15, 0.2) is 65.8 Å². The van der Waals surface area contributed by atoms with Crippen molar-refractivity contribution in [1.29, 1.82) is 0 Å². The zero-order chi connectivity index (χ0) is 33.8. The minimum absolute atomic E-state index is 0.0964. The van der Waals surface area contributed by atoms with Gasteiger partial charge in [-0.25, -0.2) is 9.59 Å². The van der Waals surface area contributed by atoms with Crippen molar-refractivity contribution in [3.63, 3.8) is 0 Å². The molecule has 1 saturated heterocycles. The molecule has 47 heavy (non-hydrogen) atoms. The van der Waals surface area contributed by atoms with Gasteiger partial charge in [0.2, 0.25) is 0 Å². The third-order valence-electron chi connectivity index (χ3n) is 7.73. The van der Waals surface area contributed by atoms with Crippen LogP contribution < -0.4 is 9.47 Å². The Hall–Kier alpha value is -4.35. The first-order chi connectivity index (χ1) is 22.6. The van der Waals surface area contributed by atoms with Gasteiger partial charge in [0.25, 0.3) is 0 Å². The molecule has 0 amide bonds. The van der Waals surface area contributed by atoms with E-state index in [4.69, 9.17) is 38.7 Å². The van der Waals surface area contributed by atoms with Crippen LogP contribution in [0.2, 0.25) is 0 Å². The minimum atomic E-state index is -0.932. The van der Waals surface area contributed by atoms with E-state index in [-0.39, 0.29) is 24.0 Å². The summed E-state index contributed by atoms with van der Waals surface area (Å²) in [6.07, 6.45) is 6.57. The number of esters is 2. The van der Waals surface area contributed by atoms with Crippen molar-refractivity contribution in [1.82, 2.24) is 0 Å². The topological polar surface area (TPSA) is 148 Å². The molecule has 2 unspecified atom stereocenters. The predicted molar refractivity (Wildman–Crippen MR) is 174 cm³/mol. The summed E-state index contributed by atoms with van der Waals surface area (Å²) in [6.45, 7) is 7.99. The maximum Gasteiger partial charge on any atom is 0.342 e. The van der Waals surface area contributed by atoms with Gasteiger partial charge in [0.05, 0.1) is 18.3 Å². The lowest BCUT2D eigenvalue weighted by Gasteiger charge is -2.25. The van der Waals surface area contributed by atoms with Crippen LogP contribution in [0.4, 0.5) is 0 Å². The number of benzene rings is 2. The predicted octanol–water partition coefficient (Wildman–Crippen LogP) is 7.04. The van der Waals surface area contributed by atoms with Gasteiger partial charge in [-0.2, -0.15) is 0 Å². The molecule has 12 heteroatoms. The van der Waals surface area contributed by atoms with Crippen molar-refractivity contribution in [2.45, 2.75) is 77.2 Å². The standard InChI is InChI=1S/C35H43N3O9/c1-23-16-17-28(45-33(39)25-12-7-6-8-13-25)32-29(46-35(3,4)47-32)15-11-14-26-20-27(42-19-10-9-18-37-38-36)21-30(43-22-41-5)31(26)34(40)44-24(23)2/h6-8,11-14,16-17,20-21,23-24,28-29,32H,9-10,15,18-19,22H2,1-5H3/b14-11?,17-16-/t23-,24+,28?,29+,32?/m1/s1. The Kier molecular flexibility index (Phi) is 12.8. The first-order valence-electron chi connectivity index (χ1n) is 15.7. The normalized spacial score (nSPS) is 24.4. The molecule has 5 atom stereocenters. The summed E-state index contributed by atoms with van der Waals surface area (Å²) < 4.78 is 41.5. The molecule has 12 nitrogen and oxygen atoms in total. The summed E-state index contributed by atoms with van der Waals surface area (Å²) in [5, 5.41) is 3.55. The number of nitrogens with zero attached hydrogens (tertiary/aromatic N) is 3. The molecule has 0 N–H and O–H groups in total. The van der Waals surface area contributed by atoms with Crippen LogP contribution in [-0.2, 0) is 23.7 Å². The van der Waals surface area contributed by atoms with Gasteiger partial charge in [0, 0.05) is 30.6 Å². The second-order valence-electron chi connectivity index (χ2n) is 11.8. The first kappa shape index (κ1) is 35.5. The van der Waals surface area contributed by atoms with E-state index in [1.165, 1.54) is 7.11 Å². The van der Waals surface area contributed by atoms with Crippen molar-refractivity contribution in [2.24, 2.45) is 11.0 Å². The highest BCUT2D eigenvalue weighted by molar-refractivity contribution is 5.97. The molecule has 1 fully saturated rings. The fourth-order valence-electron chi connectivity index (χ4n) is 5.21. The van der Waals surface area contributed by atoms with Crippen molar-refractivity contribution < 1.29 is 42.7 Å². The smallest absolute Gasteiger partial charge is 0.342 e. The average Bonchev–Trinajstić information content (AvgIpc) is 3.36. The summed E-state index contributed by atoms with van der Waals surface area (Å²) in [5.74, 6) is -1.53. The molecule has 252 valence electrons. The van der Waals surface area contributed by atoms with E-state index < -0.39 is 42.1 Å². The Labute approximate surface area is 275 Å². The van der Waals surface area contributed by atoms with Crippen molar-refractivity contribution in [3.05, 3.63) is 87.8 Å². The Morgan fingerprint density at radius 1 is 1.09 bits per heavy atom. The number of rotatable bonds is 11. The van der Waals surface area contributed by atoms with E-state index >= 15 is 0 Å². The summed E-state index contributed by atoms with van der Waals surface area (Å²) >= 11 is 0. The molecule has 0 aliphatic carbocycles. The maximum absolute atomic E-state index is 13.7. The number of cyclic esters (lactones) is 1. The molecule has 2 aromatic carbocycles. The third kappa shape index (κ3) is 10.1. The molecule has 0 radical (unpaired) electrons. The van der Waals surface area contributed by atoms with Gasteiger partial charge < -0.3 is 33.2 Å². The van der Waals surface area contributed by atoms with Crippen LogP contribution in [0, 0.1) is 5.92 Å². The molecule has 0 bridgehead atoms. The van der Waals surface area contributed by atoms with E-state index in [2.05, 4.69) is 10.0 Å².